The molecule has 0 saturated carbocycles. The Kier molecular flexibility index (Phi) is 5.45. The molecule has 1 rings (SSSR count). The summed E-state index contributed by atoms with van der Waals surface area (Å²) in [7, 11) is 1.63. The summed E-state index contributed by atoms with van der Waals surface area (Å²) in [6.07, 6.45) is 0. The van der Waals surface area contributed by atoms with Crippen LogP contribution in [0, 0.1) is 10.1 Å². The first-order valence-electron chi connectivity index (χ1n) is 6.13. The molecule has 20 heavy (non-hydrogen) atoms. The second kappa shape index (κ2) is 6.85. The second-order valence-electron chi connectivity index (χ2n) is 4.60. The summed E-state index contributed by atoms with van der Waals surface area (Å²) in [5.74, 6) is -0.296. The molecule has 1 aromatic carbocycles. The van der Waals surface area contributed by atoms with Gasteiger partial charge in [0.1, 0.15) is 0 Å². The van der Waals surface area contributed by atoms with Gasteiger partial charge in [0.25, 0.3) is 5.91 Å². The van der Waals surface area contributed by atoms with Crippen LogP contribution in [-0.2, 0) is 11.4 Å². The first-order chi connectivity index (χ1) is 9.36. The fourth-order valence-electron chi connectivity index (χ4n) is 1.45. The number of benzene rings is 1. The lowest BCUT2D eigenvalue weighted by Gasteiger charge is -2.21. The molecule has 1 aromatic rings. The van der Waals surface area contributed by atoms with Crippen LogP contribution in [0.2, 0.25) is 0 Å². The van der Waals surface area contributed by atoms with E-state index >= 15 is 0 Å². The van der Waals surface area contributed by atoms with Gasteiger partial charge >= 0.3 is 5.69 Å². The summed E-state index contributed by atoms with van der Waals surface area (Å²) >= 11 is 0. The molecule has 0 atom stereocenters. The van der Waals surface area contributed by atoms with Crippen molar-refractivity contribution in [1.29, 1.82) is 0 Å². The van der Waals surface area contributed by atoms with Crippen molar-refractivity contribution >= 4 is 11.6 Å². The zero-order valence-corrected chi connectivity index (χ0v) is 11.7. The van der Waals surface area contributed by atoms with Gasteiger partial charge in [0.15, 0.2) is 12.4 Å². The van der Waals surface area contributed by atoms with Crippen LogP contribution in [0.15, 0.2) is 18.2 Å². The number of hydrogen-bond donors (Lipinski definition) is 1. The van der Waals surface area contributed by atoms with E-state index in [1.165, 1.54) is 23.1 Å². The molecular formula is C13H18N2O5. The minimum absolute atomic E-state index is 0.0184. The van der Waals surface area contributed by atoms with Gasteiger partial charge in [-0.1, -0.05) is 0 Å². The zero-order chi connectivity index (χ0) is 15.3. The smallest absolute Gasteiger partial charge is 0.310 e. The van der Waals surface area contributed by atoms with E-state index in [0.29, 0.717) is 5.56 Å². The molecule has 1 amide bonds. The topological polar surface area (TPSA) is 92.9 Å². The summed E-state index contributed by atoms with van der Waals surface area (Å²) in [6.45, 7) is 3.16. The third-order valence-electron chi connectivity index (χ3n) is 2.92. The average Bonchev–Trinajstić information content (AvgIpc) is 2.42. The lowest BCUT2D eigenvalue weighted by atomic mass is 10.2. The zero-order valence-electron chi connectivity index (χ0n) is 11.7. The molecule has 0 aliphatic rings. The Morgan fingerprint density at radius 2 is 2.15 bits per heavy atom. The standard InChI is InChI=1S/C13H18N2O5/c1-9(2)14(3)13(17)8-20-12-6-10(7-16)4-5-11(12)15(18)19/h4-6,9,16H,7-8H2,1-3H3. The third kappa shape index (κ3) is 3.92. The molecule has 0 heterocycles. The average molecular weight is 282 g/mol. The normalized spacial score (nSPS) is 10.4. The number of rotatable bonds is 6. The van der Waals surface area contributed by atoms with E-state index in [2.05, 4.69) is 0 Å². The van der Waals surface area contributed by atoms with Gasteiger partial charge in [-0.3, -0.25) is 14.9 Å². The summed E-state index contributed by atoms with van der Waals surface area (Å²) in [5.41, 5.74) is 0.248. The highest BCUT2D eigenvalue weighted by molar-refractivity contribution is 5.77. The molecule has 0 bridgehead atoms. The van der Waals surface area contributed by atoms with E-state index in [0.717, 1.165) is 0 Å². The number of carbonyl (C=O) groups excluding carboxylic acids is 1. The van der Waals surface area contributed by atoms with E-state index in [1.807, 2.05) is 13.8 Å². The third-order valence-corrected chi connectivity index (χ3v) is 2.92. The number of nitrogens with zero attached hydrogens (tertiary/aromatic N) is 2. The number of nitro benzene ring substituents is 1. The maximum atomic E-state index is 11.8. The van der Waals surface area contributed by atoms with Gasteiger partial charge in [-0.05, 0) is 31.5 Å². The molecule has 0 aliphatic carbocycles. The van der Waals surface area contributed by atoms with Crippen molar-refractivity contribution < 1.29 is 19.6 Å². The molecule has 110 valence electrons. The maximum absolute atomic E-state index is 11.8. The van der Waals surface area contributed by atoms with Crippen molar-refractivity contribution in [2.45, 2.75) is 26.5 Å². The van der Waals surface area contributed by atoms with Crippen LogP contribution >= 0.6 is 0 Å². The van der Waals surface area contributed by atoms with Crippen molar-refractivity contribution in [2.24, 2.45) is 0 Å². The van der Waals surface area contributed by atoms with Gasteiger partial charge < -0.3 is 14.7 Å². The monoisotopic (exact) mass is 282 g/mol. The summed E-state index contributed by atoms with van der Waals surface area (Å²) < 4.78 is 5.23. The minimum atomic E-state index is -0.590. The Labute approximate surface area is 116 Å². The molecule has 0 unspecified atom stereocenters. The predicted octanol–water partition coefficient (Wildman–Crippen LogP) is 1.33. The number of aliphatic hydroxyl groups is 1. The maximum Gasteiger partial charge on any atom is 0.310 e. The number of amides is 1. The largest absolute Gasteiger partial charge is 0.477 e. The number of aliphatic hydroxyl groups excluding tert-OH is 1. The number of likely N-dealkylation sites (N-methyl/N-ethyl adjacent to an activating group) is 1. The van der Waals surface area contributed by atoms with E-state index in [9.17, 15) is 14.9 Å². The van der Waals surface area contributed by atoms with Crippen LogP contribution in [0.4, 0.5) is 5.69 Å². The quantitative estimate of drug-likeness (QED) is 0.627. The van der Waals surface area contributed by atoms with E-state index in [1.54, 1.807) is 7.05 Å². The highest BCUT2D eigenvalue weighted by Gasteiger charge is 2.18. The minimum Gasteiger partial charge on any atom is -0.477 e. The molecule has 0 saturated heterocycles. The van der Waals surface area contributed by atoms with Crippen molar-refractivity contribution in [2.75, 3.05) is 13.7 Å². The van der Waals surface area contributed by atoms with Gasteiger partial charge in [0, 0.05) is 19.2 Å². The molecule has 0 aliphatic heterocycles. The fourth-order valence-corrected chi connectivity index (χ4v) is 1.45. The van der Waals surface area contributed by atoms with Gasteiger partial charge in [-0.15, -0.1) is 0 Å². The van der Waals surface area contributed by atoms with Crippen LogP contribution < -0.4 is 4.74 Å². The van der Waals surface area contributed by atoms with Crippen LogP contribution in [0.3, 0.4) is 0 Å². The Bertz CT molecular complexity index is 502. The number of ether oxygens (including phenoxy) is 1. The van der Waals surface area contributed by atoms with E-state index < -0.39 is 4.92 Å². The molecule has 7 nitrogen and oxygen atoms in total. The Balaban J connectivity index is 2.85. The summed E-state index contributed by atoms with van der Waals surface area (Å²) in [6, 6.07) is 4.07. The van der Waals surface area contributed by atoms with Crippen LogP contribution in [0.1, 0.15) is 19.4 Å². The number of carbonyl (C=O) groups is 1. The van der Waals surface area contributed by atoms with Crippen molar-refractivity contribution in [1.82, 2.24) is 4.90 Å². The first kappa shape index (κ1) is 15.9. The molecule has 0 radical (unpaired) electrons. The van der Waals surface area contributed by atoms with Crippen molar-refractivity contribution in [3.05, 3.63) is 33.9 Å². The molecule has 1 N–H and O–H groups in total. The van der Waals surface area contributed by atoms with E-state index in [4.69, 9.17) is 9.84 Å². The molecule has 0 fully saturated rings. The molecule has 0 spiro atoms. The SMILES string of the molecule is CC(C)N(C)C(=O)COc1cc(CO)ccc1[N+](=O)[O-]. The Hall–Kier alpha value is -2.15. The van der Waals surface area contributed by atoms with Crippen LogP contribution in [0.5, 0.6) is 5.75 Å². The van der Waals surface area contributed by atoms with Crippen LogP contribution in [0.25, 0.3) is 0 Å². The van der Waals surface area contributed by atoms with Crippen LogP contribution in [-0.4, -0.2) is 40.5 Å². The molecular weight excluding hydrogens is 264 g/mol. The fraction of sp³-hybridized carbons (Fsp3) is 0.462. The summed E-state index contributed by atoms with van der Waals surface area (Å²) in [5, 5.41) is 19.9. The summed E-state index contributed by atoms with van der Waals surface area (Å²) in [4.78, 5) is 23.5. The highest BCUT2D eigenvalue weighted by Crippen LogP contribution is 2.28. The Morgan fingerprint density at radius 3 is 2.65 bits per heavy atom. The second-order valence-corrected chi connectivity index (χ2v) is 4.60. The lowest BCUT2D eigenvalue weighted by molar-refractivity contribution is -0.385. The molecule has 0 aromatic heterocycles. The Morgan fingerprint density at radius 1 is 1.50 bits per heavy atom. The van der Waals surface area contributed by atoms with Gasteiger partial charge in [-0.25, -0.2) is 0 Å². The van der Waals surface area contributed by atoms with Gasteiger partial charge in [-0.2, -0.15) is 0 Å². The lowest BCUT2D eigenvalue weighted by Crippen LogP contribution is -2.36. The van der Waals surface area contributed by atoms with Gasteiger partial charge in [0.2, 0.25) is 0 Å². The number of hydrogen-bond acceptors (Lipinski definition) is 5. The van der Waals surface area contributed by atoms with E-state index in [-0.39, 0.29) is 36.6 Å². The predicted molar refractivity (Wildman–Crippen MR) is 72.4 cm³/mol. The highest BCUT2D eigenvalue weighted by atomic mass is 16.6. The first-order valence-corrected chi connectivity index (χ1v) is 6.13. The molecule has 7 heteroatoms. The number of nitro groups is 1. The van der Waals surface area contributed by atoms with Gasteiger partial charge in [0.05, 0.1) is 11.5 Å². The van der Waals surface area contributed by atoms with Crippen molar-refractivity contribution in [3.8, 4) is 5.75 Å². The van der Waals surface area contributed by atoms with Crippen molar-refractivity contribution in [3.63, 3.8) is 0 Å².